The van der Waals surface area contributed by atoms with Gasteiger partial charge in [0.2, 0.25) is 11.8 Å². The summed E-state index contributed by atoms with van der Waals surface area (Å²) in [6.07, 6.45) is 1.60. The minimum absolute atomic E-state index is 0.241. The number of carboxylic acid groups (broad SMARTS) is 1. The van der Waals surface area contributed by atoms with Crippen LogP contribution in [0.1, 0.15) is 12.8 Å². The molecule has 0 saturated heterocycles. The van der Waals surface area contributed by atoms with Crippen LogP contribution in [-0.4, -0.2) is 40.9 Å². The highest BCUT2D eigenvalue weighted by Crippen LogP contribution is 1.97. The van der Waals surface area contributed by atoms with Gasteiger partial charge in [-0.1, -0.05) is 0 Å². The molecule has 4 N–H and O–H groups in total. The van der Waals surface area contributed by atoms with Gasteiger partial charge in [0.25, 0.3) is 0 Å². The number of thioether (sulfide) groups is 1. The van der Waals surface area contributed by atoms with Gasteiger partial charge in [-0.2, -0.15) is 11.8 Å². The number of nitrogens with two attached hydrogens (primary N) is 1. The van der Waals surface area contributed by atoms with Crippen molar-refractivity contribution in [3.8, 4) is 0 Å². The molecule has 0 radical (unpaired) electrons. The van der Waals surface area contributed by atoms with E-state index in [-0.39, 0.29) is 12.3 Å². The Labute approximate surface area is 91.6 Å². The summed E-state index contributed by atoms with van der Waals surface area (Å²) in [5, 5.41) is 10.7. The van der Waals surface area contributed by atoms with Gasteiger partial charge >= 0.3 is 5.97 Å². The van der Waals surface area contributed by atoms with E-state index in [2.05, 4.69) is 5.32 Å². The largest absolute Gasteiger partial charge is 0.481 e. The predicted octanol–water partition coefficient (Wildman–Crippen LogP) is -0.816. The summed E-state index contributed by atoms with van der Waals surface area (Å²) in [4.78, 5) is 32.3. The second-order valence-corrected chi connectivity index (χ2v) is 3.85. The summed E-state index contributed by atoms with van der Waals surface area (Å²) in [5.41, 5.74) is 4.94. The average molecular weight is 234 g/mol. The summed E-state index contributed by atoms with van der Waals surface area (Å²) in [5.74, 6) is -1.77. The summed E-state index contributed by atoms with van der Waals surface area (Å²) < 4.78 is 0. The molecule has 15 heavy (non-hydrogen) atoms. The number of primary amides is 1. The van der Waals surface area contributed by atoms with Crippen LogP contribution in [0.5, 0.6) is 0 Å². The van der Waals surface area contributed by atoms with Crippen LogP contribution in [0.2, 0.25) is 0 Å². The Kier molecular flexibility index (Phi) is 6.52. The molecule has 0 heterocycles. The number of rotatable bonds is 7. The van der Waals surface area contributed by atoms with Crippen molar-refractivity contribution in [1.82, 2.24) is 5.32 Å². The second kappa shape index (κ2) is 7.10. The second-order valence-electron chi connectivity index (χ2n) is 2.86. The number of carboxylic acids is 1. The zero-order valence-corrected chi connectivity index (χ0v) is 9.17. The molecule has 0 spiro atoms. The fourth-order valence-electron chi connectivity index (χ4n) is 0.859. The quantitative estimate of drug-likeness (QED) is 0.533. The van der Waals surface area contributed by atoms with Gasteiger partial charge in [0.1, 0.15) is 6.04 Å². The first-order valence-electron chi connectivity index (χ1n) is 4.26. The Bertz CT molecular complexity index is 257. The maximum absolute atomic E-state index is 11.2. The minimum atomic E-state index is -1.18. The van der Waals surface area contributed by atoms with Gasteiger partial charge in [-0.25, -0.2) is 0 Å². The number of hydrogen-bond acceptors (Lipinski definition) is 4. The molecule has 6 nitrogen and oxygen atoms in total. The molecule has 0 fully saturated rings. The highest BCUT2D eigenvalue weighted by atomic mass is 32.2. The minimum Gasteiger partial charge on any atom is -0.481 e. The molecule has 0 aliphatic rings. The van der Waals surface area contributed by atoms with E-state index in [4.69, 9.17) is 10.8 Å². The number of hydrogen-bond donors (Lipinski definition) is 3. The molecule has 0 rings (SSSR count). The predicted molar refractivity (Wildman–Crippen MR) is 56.4 cm³/mol. The zero-order valence-electron chi connectivity index (χ0n) is 8.36. The lowest BCUT2D eigenvalue weighted by molar-refractivity contribution is -0.140. The van der Waals surface area contributed by atoms with Gasteiger partial charge in [0.05, 0.1) is 6.42 Å². The number of aliphatic carboxylic acids is 1. The standard InChI is InChI=1S/C8H14N2O4S/c1-15-3-2-6(11)10-5(8(9)14)4-7(12)13/h5H,2-4H2,1H3,(H2,9,14)(H,10,11)(H,12,13). The molecule has 2 amide bonds. The Morgan fingerprint density at radius 2 is 2.07 bits per heavy atom. The Balaban J connectivity index is 4.10. The topological polar surface area (TPSA) is 109 Å². The van der Waals surface area contributed by atoms with E-state index in [1.54, 1.807) is 0 Å². The first kappa shape index (κ1) is 13.8. The van der Waals surface area contributed by atoms with Crippen molar-refractivity contribution in [2.45, 2.75) is 18.9 Å². The van der Waals surface area contributed by atoms with Crippen LogP contribution in [0.15, 0.2) is 0 Å². The van der Waals surface area contributed by atoms with Crippen LogP contribution < -0.4 is 11.1 Å². The summed E-state index contributed by atoms with van der Waals surface area (Å²) in [6, 6.07) is -1.13. The van der Waals surface area contributed by atoms with Crippen LogP contribution in [0.3, 0.4) is 0 Å². The molecular formula is C8H14N2O4S. The fourth-order valence-corrected chi connectivity index (χ4v) is 1.25. The first-order chi connectivity index (χ1) is 6.97. The molecule has 86 valence electrons. The molecule has 0 aromatic heterocycles. The van der Waals surface area contributed by atoms with E-state index in [0.29, 0.717) is 5.75 Å². The molecule has 1 atom stereocenters. The van der Waals surface area contributed by atoms with Crippen LogP contribution in [-0.2, 0) is 14.4 Å². The van der Waals surface area contributed by atoms with Gasteiger partial charge in [-0.15, -0.1) is 0 Å². The van der Waals surface area contributed by atoms with E-state index in [1.807, 2.05) is 6.26 Å². The number of amides is 2. The summed E-state index contributed by atoms with van der Waals surface area (Å²) in [7, 11) is 0. The maximum Gasteiger partial charge on any atom is 0.305 e. The van der Waals surface area contributed by atoms with Crippen molar-refractivity contribution < 1.29 is 19.5 Å². The molecule has 0 saturated carbocycles. The van der Waals surface area contributed by atoms with E-state index in [1.165, 1.54) is 11.8 Å². The molecule has 1 unspecified atom stereocenters. The Morgan fingerprint density at radius 1 is 1.47 bits per heavy atom. The van der Waals surface area contributed by atoms with Crippen molar-refractivity contribution >= 4 is 29.5 Å². The van der Waals surface area contributed by atoms with Crippen molar-refractivity contribution in [2.24, 2.45) is 5.73 Å². The van der Waals surface area contributed by atoms with E-state index in [9.17, 15) is 14.4 Å². The van der Waals surface area contributed by atoms with Gasteiger partial charge in [-0.05, 0) is 6.26 Å². The van der Waals surface area contributed by atoms with E-state index >= 15 is 0 Å². The highest BCUT2D eigenvalue weighted by Gasteiger charge is 2.20. The molecule has 0 bridgehead atoms. The van der Waals surface area contributed by atoms with Gasteiger partial charge in [0.15, 0.2) is 0 Å². The van der Waals surface area contributed by atoms with Crippen LogP contribution in [0.25, 0.3) is 0 Å². The molecule has 7 heteroatoms. The molecular weight excluding hydrogens is 220 g/mol. The summed E-state index contributed by atoms with van der Waals surface area (Å²) in [6.45, 7) is 0. The first-order valence-corrected chi connectivity index (χ1v) is 5.66. The van der Waals surface area contributed by atoms with Crippen LogP contribution in [0.4, 0.5) is 0 Å². The van der Waals surface area contributed by atoms with Crippen LogP contribution >= 0.6 is 11.8 Å². The Hall–Kier alpha value is -1.24. The van der Waals surface area contributed by atoms with Gasteiger partial charge < -0.3 is 16.2 Å². The van der Waals surface area contributed by atoms with Crippen molar-refractivity contribution in [3.05, 3.63) is 0 Å². The lowest BCUT2D eigenvalue weighted by Crippen LogP contribution is -2.45. The highest BCUT2D eigenvalue weighted by molar-refractivity contribution is 7.98. The number of carbonyl (C=O) groups is 3. The molecule has 0 aliphatic carbocycles. The average Bonchev–Trinajstić information content (AvgIpc) is 2.12. The third-order valence-corrected chi connectivity index (χ3v) is 2.20. The Morgan fingerprint density at radius 3 is 2.47 bits per heavy atom. The SMILES string of the molecule is CSCCC(=O)NC(CC(=O)O)C(N)=O. The third-order valence-electron chi connectivity index (χ3n) is 1.59. The van der Waals surface area contributed by atoms with Gasteiger partial charge in [0, 0.05) is 12.2 Å². The van der Waals surface area contributed by atoms with Crippen molar-refractivity contribution in [3.63, 3.8) is 0 Å². The lowest BCUT2D eigenvalue weighted by atomic mass is 10.2. The molecule has 0 aromatic carbocycles. The third kappa shape index (κ3) is 6.78. The smallest absolute Gasteiger partial charge is 0.305 e. The van der Waals surface area contributed by atoms with Gasteiger partial charge in [-0.3, -0.25) is 14.4 Å². The van der Waals surface area contributed by atoms with Crippen LogP contribution in [0, 0.1) is 0 Å². The van der Waals surface area contributed by atoms with Crippen molar-refractivity contribution in [1.29, 1.82) is 0 Å². The number of carbonyl (C=O) groups excluding carboxylic acids is 2. The fraction of sp³-hybridized carbons (Fsp3) is 0.625. The lowest BCUT2D eigenvalue weighted by Gasteiger charge is -2.12. The number of nitrogens with one attached hydrogen (secondary N) is 1. The van der Waals surface area contributed by atoms with E-state index in [0.717, 1.165) is 0 Å². The maximum atomic E-state index is 11.2. The summed E-state index contributed by atoms with van der Waals surface area (Å²) >= 11 is 1.49. The van der Waals surface area contributed by atoms with Crippen molar-refractivity contribution in [2.75, 3.05) is 12.0 Å². The monoisotopic (exact) mass is 234 g/mol. The molecule has 0 aromatic rings. The zero-order chi connectivity index (χ0) is 11.8. The normalized spacial score (nSPS) is 11.8. The molecule has 0 aliphatic heterocycles. The van der Waals surface area contributed by atoms with E-state index < -0.39 is 24.3 Å².